The van der Waals surface area contributed by atoms with E-state index in [1.165, 1.54) is 0 Å². The van der Waals surface area contributed by atoms with Gasteiger partial charge in [0.1, 0.15) is 6.04 Å². The fourth-order valence-electron chi connectivity index (χ4n) is 3.60. The van der Waals surface area contributed by atoms with Gasteiger partial charge in [-0.3, -0.25) is 9.59 Å². The van der Waals surface area contributed by atoms with Gasteiger partial charge in [0, 0.05) is 11.7 Å². The first-order chi connectivity index (χ1) is 12.2. The van der Waals surface area contributed by atoms with E-state index in [1.54, 1.807) is 4.90 Å². The van der Waals surface area contributed by atoms with E-state index in [2.05, 4.69) is 5.32 Å². The molecule has 0 bridgehead atoms. The van der Waals surface area contributed by atoms with Crippen LogP contribution < -0.4 is 5.32 Å². The van der Waals surface area contributed by atoms with E-state index in [-0.39, 0.29) is 29.4 Å². The Morgan fingerprint density at radius 1 is 1.12 bits per heavy atom. The Kier molecular flexibility index (Phi) is 4.65. The molecule has 5 heteroatoms. The van der Waals surface area contributed by atoms with Crippen LogP contribution in [0.5, 0.6) is 0 Å². The summed E-state index contributed by atoms with van der Waals surface area (Å²) in [6.07, 6.45) is 1.87. The number of hydrogen-bond acceptors (Lipinski definition) is 2. The lowest BCUT2D eigenvalue weighted by Gasteiger charge is -2.43. The third-order valence-corrected chi connectivity index (χ3v) is 4.85. The number of amides is 2. The molecule has 0 spiro atoms. The number of aromatic nitrogens is 1. The highest BCUT2D eigenvalue weighted by molar-refractivity contribution is 5.92. The van der Waals surface area contributed by atoms with Gasteiger partial charge in [-0.05, 0) is 52.3 Å². The molecule has 1 aromatic heterocycles. The molecule has 1 aliphatic heterocycles. The first-order valence-corrected chi connectivity index (χ1v) is 9.06. The van der Waals surface area contributed by atoms with Crippen LogP contribution in [0, 0.1) is 0 Å². The van der Waals surface area contributed by atoms with Gasteiger partial charge in [0.05, 0.1) is 11.7 Å². The summed E-state index contributed by atoms with van der Waals surface area (Å²) < 4.78 is 1.91. The Morgan fingerprint density at radius 3 is 2.38 bits per heavy atom. The summed E-state index contributed by atoms with van der Waals surface area (Å²) in [6, 6.07) is 12.5. The average molecular weight is 353 g/mol. The molecule has 1 unspecified atom stereocenters. The van der Waals surface area contributed by atoms with Gasteiger partial charge in [0.25, 0.3) is 0 Å². The molecule has 0 aliphatic carbocycles. The summed E-state index contributed by atoms with van der Waals surface area (Å²) in [5.74, 6) is -0.195. The maximum atomic E-state index is 13.2. The SMILES string of the molecule is C[C@H](c1ccccc1)N1C(=O)[C@H](C)n2cccc2C1C(=O)NC(C)(C)C. The molecule has 2 heterocycles. The molecule has 3 rings (SSSR count). The fraction of sp³-hybridized carbons (Fsp3) is 0.429. The molecule has 5 nitrogen and oxygen atoms in total. The maximum absolute atomic E-state index is 13.2. The molecule has 3 atom stereocenters. The first-order valence-electron chi connectivity index (χ1n) is 9.06. The second-order valence-corrected chi connectivity index (χ2v) is 7.99. The van der Waals surface area contributed by atoms with E-state index in [1.807, 2.05) is 87.8 Å². The summed E-state index contributed by atoms with van der Waals surface area (Å²) in [4.78, 5) is 28.1. The summed E-state index contributed by atoms with van der Waals surface area (Å²) in [6.45, 7) is 9.71. The van der Waals surface area contributed by atoms with E-state index in [9.17, 15) is 9.59 Å². The number of carbonyl (C=O) groups excluding carboxylic acids is 2. The molecule has 1 N–H and O–H groups in total. The normalized spacial score (nSPS) is 21.3. The van der Waals surface area contributed by atoms with E-state index in [0.717, 1.165) is 11.3 Å². The molecule has 2 aromatic rings. The fourth-order valence-corrected chi connectivity index (χ4v) is 3.60. The van der Waals surface area contributed by atoms with E-state index in [0.29, 0.717) is 0 Å². The van der Waals surface area contributed by atoms with Gasteiger partial charge in [-0.2, -0.15) is 0 Å². The van der Waals surface area contributed by atoms with Crippen LogP contribution in [0.15, 0.2) is 48.7 Å². The van der Waals surface area contributed by atoms with Crippen LogP contribution in [0.1, 0.15) is 64.0 Å². The zero-order valence-electron chi connectivity index (χ0n) is 16.1. The van der Waals surface area contributed by atoms with Crippen molar-refractivity contribution in [3.63, 3.8) is 0 Å². The third-order valence-electron chi connectivity index (χ3n) is 4.85. The van der Waals surface area contributed by atoms with Crippen LogP contribution >= 0.6 is 0 Å². The Balaban J connectivity index is 2.07. The first kappa shape index (κ1) is 18.2. The van der Waals surface area contributed by atoms with Crippen molar-refractivity contribution in [3.05, 3.63) is 59.9 Å². The lowest BCUT2D eigenvalue weighted by Crippen LogP contribution is -2.54. The highest BCUT2D eigenvalue weighted by Gasteiger charge is 2.43. The third kappa shape index (κ3) is 3.26. The zero-order valence-corrected chi connectivity index (χ0v) is 16.1. The van der Waals surface area contributed by atoms with Crippen LogP contribution in [0.2, 0.25) is 0 Å². The maximum Gasteiger partial charge on any atom is 0.249 e. The quantitative estimate of drug-likeness (QED) is 0.916. The molecule has 0 fully saturated rings. The summed E-state index contributed by atoms with van der Waals surface area (Å²) in [5, 5.41) is 3.05. The second kappa shape index (κ2) is 6.63. The van der Waals surface area contributed by atoms with Gasteiger partial charge in [-0.25, -0.2) is 0 Å². The molecule has 2 amide bonds. The van der Waals surface area contributed by atoms with Gasteiger partial charge in [0.2, 0.25) is 11.8 Å². The molecule has 0 radical (unpaired) electrons. The Bertz CT molecular complexity index is 804. The predicted molar refractivity (Wildman–Crippen MR) is 101 cm³/mol. The van der Waals surface area contributed by atoms with Crippen molar-refractivity contribution in [1.82, 2.24) is 14.8 Å². The van der Waals surface area contributed by atoms with Crippen molar-refractivity contribution >= 4 is 11.8 Å². The van der Waals surface area contributed by atoms with Crippen molar-refractivity contribution < 1.29 is 9.59 Å². The predicted octanol–water partition coefficient (Wildman–Crippen LogP) is 3.61. The van der Waals surface area contributed by atoms with Gasteiger partial charge in [-0.1, -0.05) is 30.3 Å². The van der Waals surface area contributed by atoms with Crippen LogP contribution in [-0.4, -0.2) is 26.8 Å². The van der Waals surface area contributed by atoms with E-state index in [4.69, 9.17) is 0 Å². The second-order valence-electron chi connectivity index (χ2n) is 7.99. The number of hydrogen-bond donors (Lipinski definition) is 1. The molecular formula is C21H27N3O2. The van der Waals surface area contributed by atoms with Crippen LogP contribution in [0.4, 0.5) is 0 Å². The minimum absolute atomic E-state index is 0.0425. The number of benzene rings is 1. The topological polar surface area (TPSA) is 54.3 Å². The van der Waals surface area contributed by atoms with Crippen LogP contribution in [0.3, 0.4) is 0 Å². The molecule has 1 aliphatic rings. The lowest BCUT2D eigenvalue weighted by atomic mass is 9.97. The zero-order chi connectivity index (χ0) is 19.1. The van der Waals surface area contributed by atoms with Crippen molar-refractivity contribution in [2.75, 3.05) is 0 Å². The molecule has 0 saturated carbocycles. The highest BCUT2D eigenvalue weighted by atomic mass is 16.2. The van der Waals surface area contributed by atoms with E-state index >= 15 is 0 Å². The van der Waals surface area contributed by atoms with Crippen LogP contribution in [0.25, 0.3) is 0 Å². The minimum atomic E-state index is -0.650. The Labute approximate surface area is 155 Å². The standard InChI is InChI=1S/C21H27N3O2/c1-14(16-10-7-6-8-11-16)24-18(19(25)22-21(3,4)5)17-12-9-13-23(17)15(2)20(24)26/h6-15,18H,1-5H3,(H,22,25)/t14-,15+,18?/m1/s1. The number of nitrogens with one attached hydrogen (secondary N) is 1. The number of nitrogens with zero attached hydrogens (tertiary/aromatic N) is 2. The van der Waals surface area contributed by atoms with Gasteiger partial charge in [-0.15, -0.1) is 0 Å². The van der Waals surface area contributed by atoms with Gasteiger partial charge >= 0.3 is 0 Å². The lowest BCUT2D eigenvalue weighted by molar-refractivity contribution is -0.149. The number of fused-ring (bicyclic) bond motifs is 1. The summed E-state index contributed by atoms with van der Waals surface area (Å²) >= 11 is 0. The molecular weight excluding hydrogens is 326 g/mol. The van der Waals surface area contributed by atoms with E-state index < -0.39 is 6.04 Å². The summed E-state index contributed by atoms with van der Waals surface area (Å²) in [5.41, 5.74) is 1.49. The average Bonchev–Trinajstić information content (AvgIpc) is 3.06. The van der Waals surface area contributed by atoms with Crippen LogP contribution in [-0.2, 0) is 9.59 Å². The smallest absolute Gasteiger partial charge is 0.249 e. The number of rotatable bonds is 3. The molecule has 26 heavy (non-hydrogen) atoms. The van der Waals surface area contributed by atoms with Crippen molar-refractivity contribution in [2.45, 2.75) is 58.3 Å². The van der Waals surface area contributed by atoms with Crippen molar-refractivity contribution in [1.29, 1.82) is 0 Å². The van der Waals surface area contributed by atoms with Gasteiger partial charge in [0.15, 0.2) is 6.04 Å². The summed E-state index contributed by atoms with van der Waals surface area (Å²) in [7, 11) is 0. The van der Waals surface area contributed by atoms with Gasteiger partial charge < -0.3 is 14.8 Å². The van der Waals surface area contributed by atoms with Crippen molar-refractivity contribution in [3.8, 4) is 0 Å². The molecule has 1 aromatic carbocycles. The largest absolute Gasteiger partial charge is 0.349 e. The monoisotopic (exact) mass is 353 g/mol. The van der Waals surface area contributed by atoms with Crippen molar-refractivity contribution in [2.24, 2.45) is 0 Å². The Morgan fingerprint density at radius 2 is 1.77 bits per heavy atom. The molecule has 0 saturated heterocycles. The number of carbonyl (C=O) groups is 2. The minimum Gasteiger partial charge on any atom is -0.349 e. The highest BCUT2D eigenvalue weighted by Crippen LogP contribution is 2.38. The Hall–Kier alpha value is -2.56. The molecule has 138 valence electrons.